The number of thiazole rings is 1. The molecular weight excluding hydrogens is 326 g/mol. The molecule has 0 saturated carbocycles. The van der Waals surface area contributed by atoms with Gasteiger partial charge < -0.3 is 11.1 Å². The van der Waals surface area contributed by atoms with Crippen molar-refractivity contribution in [1.82, 2.24) is 10.3 Å². The Morgan fingerprint density at radius 2 is 2.19 bits per heavy atom. The molecule has 1 amide bonds. The molecule has 7 heteroatoms. The molecule has 0 fully saturated rings. The maximum atomic E-state index is 11.7. The molecule has 1 aromatic rings. The first-order chi connectivity index (χ1) is 9.34. The van der Waals surface area contributed by atoms with Crippen molar-refractivity contribution in [2.45, 2.75) is 45.1 Å². The summed E-state index contributed by atoms with van der Waals surface area (Å²) in [5, 5.41) is 6.08. The molecule has 0 aliphatic rings. The second kappa shape index (κ2) is 9.66. The highest BCUT2D eigenvalue weighted by molar-refractivity contribution is 7.98. The van der Waals surface area contributed by atoms with Gasteiger partial charge in [-0.15, -0.1) is 23.7 Å². The molecule has 0 aromatic carbocycles. The molecule has 0 bridgehead atoms. The largest absolute Gasteiger partial charge is 0.354 e. The summed E-state index contributed by atoms with van der Waals surface area (Å²) in [5.41, 5.74) is 6.93. The lowest BCUT2D eigenvalue weighted by Gasteiger charge is -2.13. The minimum absolute atomic E-state index is 0. The zero-order valence-electron chi connectivity index (χ0n) is 13.1. The molecular formula is C14H26ClN3OS2. The predicted octanol–water partition coefficient (Wildman–Crippen LogP) is 2.60. The van der Waals surface area contributed by atoms with Gasteiger partial charge in [-0.1, -0.05) is 20.8 Å². The lowest BCUT2D eigenvalue weighted by atomic mass is 9.98. The average Bonchev–Trinajstić information content (AvgIpc) is 2.84. The maximum absolute atomic E-state index is 11.7. The Labute approximate surface area is 142 Å². The molecule has 4 nitrogen and oxygen atoms in total. The Hall–Kier alpha value is -0.300. The van der Waals surface area contributed by atoms with E-state index in [0.717, 1.165) is 29.3 Å². The zero-order chi connectivity index (χ0) is 15.2. The van der Waals surface area contributed by atoms with Crippen LogP contribution in [-0.2, 0) is 16.6 Å². The maximum Gasteiger partial charge on any atom is 0.236 e. The number of nitrogens with zero attached hydrogens (tertiary/aromatic N) is 1. The summed E-state index contributed by atoms with van der Waals surface area (Å²) in [6.45, 7) is 7.06. The predicted molar refractivity (Wildman–Crippen MR) is 95.8 cm³/mol. The van der Waals surface area contributed by atoms with E-state index in [1.165, 1.54) is 0 Å². The third kappa shape index (κ3) is 7.49. The number of rotatable bonds is 7. The first-order valence-corrected chi connectivity index (χ1v) is 9.09. The number of nitrogens with two attached hydrogens (primary N) is 1. The van der Waals surface area contributed by atoms with Crippen LogP contribution in [0.1, 0.15) is 37.9 Å². The molecule has 0 aliphatic carbocycles. The van der Waals surface area contributed by atoms with Gasteiger partial charge in [0.05, 0.1) is 16.7 Å². The smallest absolute Gasteiger partial charge is 0.236 e. The van der Waals surface area contributed by atoms with Crippen LogP contribution in [0.2, 0.25) is 0 Å². The second-order valence-electron chi connectivity index (χ2n) is 5.82. The van der Waals surface area contributed by atoms with Crippen molar-refractivity contribution in [2.75, 3.05) is 18.6 Å². The Kier molecular flexibility index (Phi) is 9.53. The molecule has 0 aliphatic heterocycles. The first-order valence-electron chi connectivity index (χ1n) is 6.81. The van der Waals surface area contributed by atoms with Crippen molar-refractivity contribution in [2.24, 2.45) is 5.73 Å². The molecule has 0 radical (unpaired) electrons. The minimum atomic E-state index is -0.400. The summed E-state index contributed by atoms with van der Waals surface area (Å²) >= 11 is 3.39. The van der Waals surface area contributed by atoms with Crippen LogP contribution in [0.15, 0.2) is 5.38 Å². The fourth-order valence-corrected chi connectivity index (χ4v) is 3.02. The van der Waals surface area contributed by atoms with E-state index >= 15 is 0 Å². The summed E-state index contributed by atoms with van der Waals surface area (Å²) < 4.78 is 0. The molecule has 1 unspecified atom stereocenters. The van der Waals surface area contributed by atoms with E-state index in [4.69, 9.17) is 5.73 Å². The van der Waals surface area contributed by atoms with Gasteiger partial charge in [0, 0.05) is 23.8 Å². The van der Waals surface area contributed by atoms with Gasteiger partial charge in [-0.3, -0.25) is 4.79 Å². The molecule has 1 aromatic heterocycles. The summed E-state index contributed by atoms with van der Waals surface area (Å²) in [6, 6.07) is -0.400. The van der Waals surface area contributed by atoms with E-state index < -0.39 is 6.04 Å². The van der Waals surface area contributed by atoms with Crippen molar-refractivity contribution < 1.29 is 4.79 Å². The summed E-state index contributed by atoms with van der Waals surface area (Å²) in [7, 11) is 0. The quantitative estimate of drug-likeness (QED) is 0.792. The van der Waals surface area contributed by atoms with Gasteiger partial charge in [0.25, 0.3) is 0 Å². The highest BCUT2D eigenvalue weighted by Crippen LogP contribution is 2.25. The van der Waals surface area contributed by atoms with Gasteiger partial charge >= 0.3 is 0 Å². The molecule has 1 heterocycles. The number of halogens is 1. The van der Waals surface area contributed by atoms with Crippen LogP contribution < -0.4 is 11.1 Å². The van der Waals surface area contributed by atoms with Crippen LogP contribution in [0, 0.1) is 0 Å². The lowest BCUT2D eigenvalue weighted by Crippen LogP contribution is -2.41. The topological polar surface area (TPSA) is 68.0 Å². The Morgan fingerprint density at radius 3 is 2.71 bits per heavy atom. The number of thioether (sulfide) groups is 1. The van der Waals surface area contributed by atoms with Gasteiger partial charge in [0.1, 0.15) is 0 Å². The van der Waals surface area contributed by atoms with E-state index in [0.29, 0.717) is 6.54 Å². The summed E-state index contributed by atoms with van der Waals surface area (Å²) in [5.74, 6) is 0.848. The second-order valence-corrected chi connectivity index (χ2v) is 7.67. The monoisotopic (exact) mass is 351 g/mol. The number of amides is 1. The van der Waals surface area contributed by atoms with Crippen LogP contribution in [0.3, 0.4) is 0 Å². The molecule has 3 N–H and O–H groups in total. The van der Waals surface area contributed by atoms with Crippen LogP contribution in [0.4, 0.5) is 0 Å². The van der Waals surface area contributed by atoms with Crippen LogP contribution in [-0.4, -0.2) is 35.5 Å². The van der Waals surface area contributed by atoms with Crippen LogP contribution >= 0.6 is 35.5 Å². The Balaban J connectivity index is 0.00000400. The standard InChI is InChI=1S/C14H25N3OS2.ClH/c1-14(2,3)13-17-10(9-20-13)5-7-16-12(18)11(15)6-8-19-4;/h9,11H,5-8,15H2,1-4H3,(H,16,18);1H. The molecule has 1 rings (SSSR count). The fraction of sp³-hybridized carbons (Fsp3) is 0.714. The number of hydrogen-bond donors (Lipinski definition) is 2. The van der Waals surface area contributed by atoms with Crippen molar-refractivity contribution in [3.8, 4) is 0 Å². The van der Waals surface area contributed by atoms with Crippen molar-refractivity contribution >= 4 is 41.4 Å². The Morgan fingerprint density at radius 1 is 1.52 bits per heavy atom. The fourth-order valence-electron chi connectivity index (χ4n) is 1.59. The summed E-state index contributed by atoms with van der Waals surface area (Å²) in [4.78, 5) is 16.3. The Bertz CT molecular complexity index is 432. The van der Waals surface area contributed by atoms with Crippen LogP contribution in [0.5, 0.6) is 0 Å². The van der Waals surface area contributed by atoms with Gasteiger partial charge in [-0.05, 0) is 18.4 Å². The van der Waals surface area contributed by atoms with Gasteiger partial charge in [-0.25, -0.2) is 4.98 Å². The average molecular weight is 352 g/mol. The van der Waals surface area contributed by atoms with Gasteiger partial charge in [0.15, 0.2) is 0 Å². The van der Waals surface area contributed by atoms with E-state index in [1.54, 1.807) is 23.1 Å². The number of nitrogens with one attached hydrogen (secondary N) is 1. The number of carbonyl (C=O) groups is 1. The van der Waals surface area contributed by atoms with E-state index in [9.17, 15) is 4.79 Å². The lowest BCUT2D eigenvalue weighted by molar-refractivity contribution is -0.122. The number of hydrogen-bond acceptors (Lipinski definition) is 5. The molecule has 21 heavy (non-hydrogen) atoms. The normalized spacial score (nSPS) is 12.6. The van der Waals surface area contributed by atoms with Crippen molar-refractivity contribution in [3.63, 3.8) is 0 Å². The van der Waals surface area contributed by atoms with Crippen LogP contribution in [0.25, 0.3) is 0 Å². The van der Waals surface area contributed by atoms with E-state index in [1.807, 2.05) is 6.26 Å². The number of carbonyl (C=O) groups excluding carboxylic acids is 1. The first kappa shape index (κ1) is 20.7. The zero-order valence-corrected chi connectivity index (χ0v) is 15.6. The molecule has 0 spiro atoms. The van der Waals surface area contributed by atoms with E-state index in [-0.39, 0.29) is 23.7 Å². The number of aromatic nitrogens is 1. The minimum Gasteiger partial charge on any atom is -0.354 e. The molecule has 1 atom stereocenters. The highest BCUT2D eigenvalue weighted by Gasteiger charge is 2.18. The third-order valence-electron chi connectivity index (χ3n) is 2.84. The van der Waals surface area contributed by atoms with E-state index in [2.05, 4.69) is 36.5 Å². The summed E-state index contributed by atoms with van der Waals surface area (Å²) in [6.07, 6.45) is 3.49. The highest BCUT2D eigenvalue weighted by atomic mass is 35.5. The van der Waals surface area contributed by atoms with Gasteiger partial charge in [-0.2, -0.15) is 11.8 Å². The molecule has 0 saturated heterocycles. The van der Waals surface area contributed by atoms with Gasteiger partial charge in [0.2, 0.25) is 5.91 Å². The van der Waals surface area contributed by atoms with Crippen molar-refractivity contribution in [1.29, 1.82) is 0 Å². The third-order valence-corrected chi connectivity index (χ3v) is 4.80. The molecule has 122 valence electrons. The SMILES string of the molecule is CSCCC(N)C(=O)NCCc1csc(C(C)(C)C)n1.Cl. The van der Waals surface area contributed by atoms with Crippen molar-refractivity contribution in [3.05, 3.63) is 16.1 Å².